The Bertz CT molecular complexity index is 163. The van der Waals surface area contributed by atoms with Gasteiger partial charge >= 0.3 is 0 Å². The maximum Gasteiger partial charge on any atom is 0.0223 e. The highest BCUT2D eigenvalue weighted by molar-refractivity contribution is 4.85. The first-order valence-electron chi connectivity index (χ1n) is 5.75. The monoisotopic (exact) mass is 182 g/mol. The summed E-state index contributed by atoms with van der Waals surface area (Å²) in [5.41, 5.74) is 0. The van der Waals surface area contributed by atoms with Crippen molar-refractivity contribution >= 4 is 0 Å². The zero-order valence-electron chi connectivity index (χ0n) is 9.00. The van der Waals surface area contributed by atoms with Gasteiger partial charge in [-0.3, -0.25) is 9.80 Å². The quantitative estimate of drug-likeness (QED) is 0.639. The van der Waals surface area contributed by atoms with Gasteiger partial charge in [0.25, 0.3) is 0 Å². The summed E-state index contributed by atoms with van der Waals surface area (Å²) in [4.78, 5) is 5.29. The fourth-order valence-electron chi connectivity index (χ4n) is 2.46. The molecule has 2 aliphatic heterocycles. The molecule has 0 aromatic heterocycles. The third-order valence-electron chi connectivity index (χ3n) is 3.57. The van der Waals surface area contributed by atoms with Crippen LogP contribution in [-0.4, -0.2) is 48.1 Å². The van der Waals surface area contributed by atoms with Crippen LogP contribution in [-0.2, 0) is 0 Å². The van der Waals surface area contributed by atoms with E-state index in [-0.39, 0.29) is 0 Å². The zero-order valence-corrected chi connectivity index (χ0v) is 9.00. The minimum absolute atomic E-state index is 0.740. The Morgan fingerprint density at radius 1 is 1.08 bits per heavy atom. The fraction of sp³-hybridized carbons (Fsp3) is 1.00. The van der Waals surface area contributed by atoms with Crippen molar-refractivity contribution in [1.82, 2.24) is 9.80 Å². The Hall–Kier alpha value is -0.0800. The van der Waals surface area contributed by atoms with Crippen molar-refractivity contribution < 1.29 is 0 Å². The van der Waals surface area contributed by atoms with Crippen molar-refractivity contribution in [3.05, 3.63) is 0 Å². The van der Waals surface area contributed by atoms with Crippen LogP contribution < -0.4 is 0 Å². The van der Waals surface area contributed by atoms with Crippen LogP contribution in [0.4, 0.5) is 0 Å². The summed E-state index contributed by atoms with van der Waals surface area (Å²) >= 11 is 0. The van der Waals surface area contributed by atoms with Gasteiger partial charge in [-0.05, 0) is 52.7 Å². The molecule has 2 fully saturated rings. The third kappa shape index (κ3) is 2.05. The van der Waals surface area contributed by atoms with E-state index in [2.05, 4.69) is 23.6 Å². The van der Waals surface area contributed by atoms with Crippen molar-refractivity contribution in [2.75, 3.05) is 26.2 Å². The van der Waals surface area contributed by atoms with Gasteiger partial charge in [-0.2, -0.15) is 0 Å². The number of rotatable bonds is 2. The molecule has 0 spiro atoms. The summed E-state index contributed by atoms with van der Waals surface area (Å²) in [6.45, 7) is 9.99. The highest BCUT2D eigenvalue weighted by atomic mass is 15.3. The van der Waals surface area contributed by atoms with Gasteiger partial charge in [0.15, 0.2) is 0 Å². The van der Waals surface area contributed by atoms with Crippen LogP contribution in [0.1, 0.15) is 33.1 Å². The lowest BCUT2D eigenvalue weighted by molar-refractivity contribution is 0.0434. The molecule has 76 valence electrons. The molecule has 2 aliphatic rings. The Kier molecular flexibility index (Phi) is 2.89. The average molecular weight is 182 g/mol. The van der Waals surface area contributed by atoms with Crippen molar-refractivity contribution in [1.29, 1.82) is 0 Å². The van der Waals surface area contributed by atoms with E-state index in [0.29, 0.717) is 0 Å². The Morgan fingerprint density at radius 2 is 1.85 bits per heavy atom. The highest BCUT2D eigenvalue weighted by Crippen LogP contribution is 2.21. The van der Waals surface area contributed by atoms with E-state index in [1.807, 2.05) is 0 Å². The van der Waals surface area contributed by atoms with Gasteiger partial charge in [-0.1, -0.05) is 0 Å². The third-order valence-corrected chi connectivity index (χ3v) is 3.57. The highest BCUT2D eigenvalue weighted by Gasteiger charge is 2.28. The van der Waals surface area contributed by atoms with Gasteiger partial charge in [0, 0.05) is 18.6 Å². The van der Waals surface area contributed by atoms with Gasteiger partial charge in [0.2, 0.25) is 0 Å². The van der Waals surface area contributed by atoms with E-state index >= 15 is 0 Å². The van der Waals surface area contributed by atoms with E-state index in [0.717, 1.165) is 12.1 Å². The summed E-state index contributed by atoms with van der Waals surface area (Å²) in [6.07, 6.45) is 4.26. The Balaban J connectivity index is 1.84. The maximum atomic E-state index is 2.66. The standard InChI is InChI=1S/C11H22N2/c1-10(2)13-6-3-5-11(9-13)12-7-4-8-12/h10-11H,3-9H2,1-2H3. The topological polar surface area (TPSA) is 6.48 Å². The lowest BCUT2D eigenvalue weighted by Crippen LogP contribution is -2.54. The molecule has 1 atom stereocenters. The second-order valence-corrected chi connectivity index (χ2v) is 4.77. The second-order valence-electron chi connectivity index (χ2n) is 4.77. The van der Waals surface area contributed by atoms with E-state index in [1.54, 1.807) is 0 Å². The molecular weight excluding hydrogens is 160 g/mol. The number of piperidine rings is 1. The van der Waals surface area contributed by atoms with Crippen LogP contribution in [0.15, 0.2) is 0 Å². The molecule has 0 saturated carbocycles. The van der Waals surface area contributed by atoms with Crippen molar-refractivity contribution in [3.8, 4) is 0 Å². The molecule has 0 radical (unpaired) electrons. The molecule has 2 heterocycles. The number of hydrogen-bond acceptors (Lipinski definition) is 2. The van der Waals surface area contributed by atoms with Gasteiger partial charge < -0.3 is 0 Å². The summed E-state index contributed by atoms with van der Waals surface area (Å²) in [6, 6.07) is 1.62. The Labute approximate surface area is 81.9 Å². The smallest absolute Gasteiger partial charge is 0.0223 e. The molecular formula is C11H22N2. The van der Waals surface area contributed by atoms with Gasteiger partial charge in [0.1, 0.15) is 0 Å². The fourth-order valence-corrected chi connectivity index (χ4v) is 2.46. The van der Waals surface area contributed by atoms with E-state index in [1.165, 1.54) is 45.4 Å². The zero-order chi connectivity index (χ0) is 9.26. The number of nitrogens with zero attached hydrogens (tertiary/aromatic N) is 2. The minimum atomic E-state index is 0.740. The van der Waals surface area contributed by atoms with Crippen molar-refractivity contribution in [2.45, 2.75) is 45.2 Å². The van der Waals surface area contributed by atoms with Gasteiger partial charge in [-0.25, -0.2) is 0 Å². The molecule has 0 aromatic carbocycles. The summed E-state index contributed by atoms with van der Waals surface area (Å²) < 4.78 is 0. The number of hydrogen-bond donors (Lipinski definition) is 0. The summed E-state index contributed by atoms with van der Waals surface area (Å²) in [7, 11) is 0. The van der Waals surface area contributed by atoms with Crippen LogP contribution in [0.2, 0.25) is 0 Å². The summed E-state index contributed by atoms with van der Waals surface area (Å²) in [5, 5.41) is 0. The van der Waals surface area contributed by atoms with E-state index in [4.69, 9.17) is 0 Å². The second kappa shape index (κ2) is 3.97. The minimum Gasteiger partial charge on any atom is -0.299 e. The maximum absolute atomic E-state index is 2.66. The van der Waals surface area contributed by atoms with E-state index in [9.17, 15) is 0 Å². The van der Waals surface area contributed by atoms with Crippen LogP contribution in [0.5, 0.6) is 0 Å². The predicted molar refractivity (Wildman–Crippen MR) is 55.9 cm³/mol. The molecule has 13 heavy (non-hydrogen) atoms. The first-order chi connectivity index (χ1) is 6.27. The van der Waals surface area contributed by atoms with Crippen LogP contribution in [0, 0.1) is 0 Å². The molecule has 0 amide bonds. The lowest BCUT2D eigenvalue weighted by Gasteiger charge is -2.44. The molecule has 2 saturated heterocycles. The first kappa shape index (κ1) is 9.47. The van der Waals surface area contributed by atoms with Gasteiger partial charge in [0.05, 0.1) is 0 Å². The normalized spacial score (nSPS) is 32.1. The molecule has 2 nitrogen and oxygen atoms in total. The SMILES string of the molecule is CC(C)N1CCCC(N2CCC2)C1. The molecule has 2 heteroatoms. The van der Waals surface area contributed by atoms with Gasteiger partial charge in [-0.15, -0.1) is 0 Å². The lowest BCUT2D eigenvalue weighted by atomic mass is 10.00. The summed E-state index contributed by atoms with van der Waals surface area (Å²) in [5.74, 6) is 0. The molecule has 2 rings (SSSR count). The van der Waals surface area contributed by atoms with Crippen LogP contribution in [0.3, 0.4) is 0 Å². The van der Waals surface area contributed by atoms with Crippen LogP contribution >= 0.6 is 0 Å². The van der Waals surface area contributed by atoms with E-state index < -0.39 is 0 Å². The van der Waals surface area contributed by atoms with Crippen molar-refractivity contribution in [2.24, 2.45) is 0 Å². The molecule has 0 aliphatic carbocycles. The van der Waals surface area contributed by atoms with Crippen LogP contribution in [0.25, 0.3) is 0 Å². The Morgan fingerprint density at radius 3 is 2.38 bits per heavy atom. The molecule has 0 bridgehead atoms. The largest absolute Gasteiger partial charge is 0.299 e. The molecule has 0 N–H and O–H groups in total. The van der Waals surface area contributed by atoms with Crippen molar-refractivity contribution in [3.63, 3.8) is 0 Å². The average Bonchev–Trinajstić information content (AvgIpc) is 2.01. The molecule has 1 unspecified atom stereocenters. The predicted octanol–water partition coefficient (Wildman–Crippen LogP) is 1.56. The first-order valence-corrected chi connectivity index (χ1v) is 5.75. The number of likely N-dealkylation sites (tertiary alicyclic amines) is 2. The molecule has 0 aromatic rings.